The first-order valence-corrected chi connectivity index (χ1v) is 5.77. The largest absolute Gasteiger partial charge is 0.481 e. The van der Waals surface area contributed by atoms with Crippen LogP contribution in [-0.2, 0) is 4.79 Å². The number of carbonyl (C=O) groups is 1. The zero-order valence-corrected chi connectivity index (χ0v) is 10.7. The Bertz CT molecular complexity index is 196. The minimum atomic E-state index is -0.708. The number of carboxylic acid groups (broad SMARTS) is 1. The van der Waals surface area contributed by atoms with Crippen molar-refractivity contribution < 1.29 is 9.90 Å². The summed E-state index contributed by atoms with van der Waals surface area (Å²) in [6, 6.07) is 0. The molecule has 0 amide bonds. The zero-order valence-electron chi connectivity index (χ0n) is 10.7. The highest BCUT2D eigenvalue weighted by atomic mass is 16.4. The summed E-state index contributed by atoms with van der Waals surface area (Å²) < 4.78 is 0. The third-order valence-electron chi connectivity index (χ3n) is 2.65. The monoisotopic (exact) mass is 215 g/mol. The van der Waals surface area contributed by atoms with Gasteiger partial charge < -0.3 is 5.11 Å². The fraction of sp³-hybridized carbons (Fsp3) is 0.917. The summed E-state index contributed by atoms with van der Waals surface area (Å²) in [4.78, 5) is 13.1. The average molecular weight is 215 g/mol. The van der Waals surface area contributed by atoms with E-state index in [2.05, 4.69) is 32.6 Å². The van der Waals surface area contributed by atoms with Gasteiger partial charge in [-0.05, 0) is 33.7 Å². The lowest BCUT2D eigenvalue weighted by Gasteiger charge is -2.36. The van der Waals surface area contributed by atoms with Crippen molar-refractivity contribution in [1.82, 2.24) is 4.90 Å². The molecule has 0 aliphatic carbocycles. The van der Waals surface area contributed by atoms with Crippen molar-refractivity contribution in [2.75, 3.05) is 13.1 Å². The first kappa shape index (κ1) is 14.4. The van der Waals surface area contributed by atoms with Crippen molar-refractivity contribution in [2.45, 2.75) is 53.0 Å². The van der Waals surface area contributed by atoms with Crippen LogP contribution < -0.4 is 0 Å². The Hall–Kier alpha value is -0.570. The van der Waals surface area contributed by atoms with Crippen LogP contribution in [0.5, 0.6) is 0 Å². The van der Waals surface area contributed by atoms with Crippen molar-refractivity contribution >= 4 is 5.97 Å². The SMILES string of the molecule is CCCCN(CC(C)C(=O)O)C(C)(C)C. The van der Waals surface area contributed by atoms with Gasteiger partial charge in [-0.15, -0.1) is 0 Å². The third-order valence-corrected chi connectivity index (χ3v) is 2.65. The maximum atomic E-state index is 10.8. The Labute approximate surface area is 93.5 Å². The van der Waals surface area contributed by atoms with E-state index in [0.29, 0.717) is 6.54 Å². The molecule has 1 unspecified atom stereocenters. The number of carboxylic acids is 1. The fourth-order valence-electron chi connectivity index (χ4n) is 1.46. The van der Waals surface area contributed by atoms with E-state index in [1.54, 1.807) is 6.92 Å². The van der Waals surface area contributed by atoms with Crippen LogP contribution in [-0.4, -0.2) is 34.6 Å². The summed E-state index contributed by atoms with van der Waals surface area (Å²) in [7, 11) is 0. The standard InChI is InChI=1S/C12H25NO2/c1-6-7-8-13(12(3,4)5)9-10(2)11(14)15/h10H,6-9H2,1-5H3,(H,14,15). The molecule has 1 N–H and O–H groups in total. The van der Waals surface area contributed by atoms with E-state index < -0.39 is 5.97 Å². The molecule has 0 rings (SSSR count). The smallest absolute Gasteiger partial charge is 0.307 e. The summed E-state index contributed by atoms with van der Waals surface area (Å²) >= 11 is 0. The van der Waals surface area contributed by atoms with Crippen LogP contribution in [0, 0.1) is 5.92 Å². The van der Waals surface area contributed by atoms with Gasteiger partial charge in [0.1, 0.15) is 0 Å². The van der Waals surface area contributed by atoms with Gasteiger partial charge in [-0.2, -0.15) is 0 Å². The third kappa shape index (κ3) is 5.78. The van der Waals surface area contributed by atoms with Crippen molar-refractivity contribution in [3.63, 3.8) is 0 Å². The first-order valence-electron chi connectivity index (χ1n) is 5.77. The molecule has 0 radical (unpaired) electrons. The zero-order chi connectivity index (χ0) is 12.1. The Kier molecular flexibility index (Phi) is 5.88. The van der Waals surface area contributed by atoms with Gasteiger partial charge >= 0.3 is 5.97 Å². The van der Waals surface area contributed by atoms with Gasteiger partial charge in [0.05, 0.1) is 5.92 Å². The number of rotatable bonds is 6. The molecule has 0 spiro atoms. The van der Waals surface area contributed by atoms with E-state index in [1.165, 1.54) is 0 Å². The lowest BCUT2D eigenvalue weighted by Crippen LogP contribution is -2.45. The van der Waals surface area contributed by atoms with E-state index in [4.69, 9.17) is 5.11 Å². The van der Waals surface area contributed by atoms with Gasteiger partial charge in [0.25, 0.3) is 0 Å². The van der Waals surface area contributed by atoms with Gasteiger partial charge in [0, 0.05) is 12.1 Å². The molecule has 0 aliphatic heterocycles. The number of unbranched alkanes of at least 4 members (excludes halogenated alkanes) is 1. The molecule has 90 valence electrons. The summed E-state index contributed by atoms with van der Waals surface area (Å²) in [6.45, 7) is 12.0. The molecule has 0 saturated carbocycles. The minimum Gasteiger partial charge on any atom is -0.481 e. The lowest BCUT2D eigenvalue weighted by atomic mass is 10.0. The van der Waals surface area contributed by atoms with Crippen LogP contribution in [0.2, 0.25) is 0 Å². The minimum absolute atomic E-state index is 0.0544. The van der Waals surface area contributed by atoms with Gasteiger partial charge in [0.2, 0.25) is 0 Å². The number of hydrogen-bond acceptors (Lipinski definition) is 2. The molecule has 0 aromatic rings. The number of hydrogen-bond donors (Lipinski definition) is 1. The van der Waals surface area contributed by atoms with Gasteiger partial charge in [-0.3, -0.25) is 9.69 Å². The second kappa shape index (κ2) is 6.11. The van der Waals surface area contributed by atoms with Gasteiger partial charge in [0.15, 0.2) is 0 Å². The maximum absolute atomic E-state index is 10.8. The van der Waals surface area contributed by atoms with Crippen LogP contribution in [0.3, 0.4) is 0 Å². The molecule has 0 fully saturated rings. The molecular formula is C12H25NO2. The highest BCUT2D eigenvalue weighted by Gasteiger charge is 2.24. The quantitative estimate of drug-likeness (QED) is 0.740. The Morgan fingerprint density at radius 1 is 1.40 bits per heavy atom. The molecule has 3 heteroatoms. The molecule has 3 nitrogen and oxygen atoms in total. The normalized spacial score (nSPS) is 14.3. The Morgan fingerprint density at radius 2 is 1.93 bits per heavy atom. The molecule has 0 bridgehead atoms. The topological polar surface area (TPSA) is 40.5 Å². The fourth-order valence-corrected chi connectivity index (χ4v) is 1.46. The molecule has 0 aromatic carbocycles. The Balaban J connectivity index is 4.31. The van der Waals surface area contributed by atoms with E-state index >= 15 is 0 Å². The van der Waals surface area contributed by atoms with Crippen molar-refractivity contribution in [3.05, 3.63) is 0 Å². The summed E-state index contributed by atoms with van der Waals surface area (Å²) in [6.07, 6.45) is 2.28. The predicted octanol–water partition coefficient (Wildman–Crippen LogP) is 2.61. The van der Waals surface area contributed by atoms with E-state index in [-0.39, 0.29) is 11.5 Å². The van der Waals surface area contributed by atoms with E-state index in [9.17, 15) is 4.79 Å². The second-order valence-electron chi connectivity index (χ2n) is 5.21. The average Bonchev–Trinajstić information content (AvgIpc) is 2.09. The number of nitrogens with zero attached hydrogens (tertiary/aromatic N) is 1. The van der Waals surface area contributed by atoms with Crippen LogP contribution in [0.15, 0.2) is 0 Å². The van der Waals surface area contributed by atoms with Crippen molar-refractivity contribution in [2.24, 2.45) is 5.92 Å². The van der Waals surface area contributed by atoms with Crippen LogP contribution in [0.4, 0.5) is 0 Å². The van der Waals surface area contributed by atoms with E-state index in [0.717, 1.165) is 19.4 Å². The summed E-state index contributed by atoms with van der Waals surface area (Å²) in [5.41, 5.74) is 0.0544. The predicted molar refractivity (Wildman–Crippen MR) is 63.0 cm³/mol. The molecule has 0 aromatic heterocycles. The summed E-state index contributed by atoms with van der Waals surface area (Å²) in [5, 5.41) is 8.90. The molecule has 0 aliphatic rings. The Morgan fingerprint density at radius 3 is 2.27 bits per heavy atom. The lowest BCUT2D eigenvalue weighted by molar-refractivity contribution is -0.142. The van der Waals surface area contributed by atoms with Crippen LogP contribution in [0.1, 0.15) is 47.5 Å². The number of aliphatic carboxylic acids is 1. The molecule has 0 heterocycles. The molecule has 1 atom stereocenters. The van der Waals surface area contributed by atoms with Crippen LogP contribution in [0.25, 0.3) is 0 Å². The maximum Gasteiger partial charge on any atom is 0.307 e. The van der Waals surface area contributed by atoms with Crippen molar-refractivity contribution in [1.29, 1.82) is 0 Å². The summed E-state index contributed by atoms with van der Waals surface area (Å²) in [5.74, 6) is -0.998. The van der Waals surface area contributed by atoms with Crippen LogP contribution >= 0.6 is 0 Å². The molecule has 15 heavy (non-hydrogen) atoms. The molecular weight excluding hydrogens is 190 g/mol. The highest BCUT2D eigenvalue weighted by Crippen LogP contribution is 2.16. The molecule has 0 saturated heterocycles. The first-order chi connectivity index (χ1) is 6.79. The van der Waals surface area contributed by atoms with Crippen molar-refractivity contribution in [3.8, 4) is 0 Å². The van der Waals surface area contributed by atoms with E-state index in [1.807, 2.05) is 0 Å². The highest BCUT2D eigenvalue weighted by molar-refractivity contribution is 5.69. The second-order valence-corrected chi connectivity index (χ2v) is 5.21. The van der Waals surface area contributed by atoms with Gasteiger partial charge in [-0.1, -0.05) is 20.3 Å². The van der Waals surface area contributed by atoms with Gasteiger partial charge in [-0.25, -0.2) is 0 Å².